The van der Waals surface area contributed by atoms with Gasteiger partial charge in [-0.25, -0.2) is 9.97 Å². The third-order valence-corrected chi connectivity index (χ3v) is 4.68. The van der Waals surface area contributed by atoms with E-state index in [0.29, 0.717) is 23.9 Å². The highest BCUT2D eigenvalue weighted by Crippen LogP contribution is 2.07. The highest BCUT2D eigenvalue weighted by molar-refractivity contribution is 5.92. The minimum atomic E-state index is -0.158. The van der Waals surface area contributed by atoms with E-state index in [1.165, 1.54) is 5.56 Å². The lowest BCUT2D eigenvalue weighted by molar-refractivity contribution is 0.0398. The summed E-state index contributed by atoms with van der Waals surface area (Å²) in [4.78, 5) is 23.5. The molecule has 0 atom stereocenters. The Kier molecular flexibility index (Phi) is 7.75. The lowest BCUT2D eigenvalue weighted by Gasteiger charge is -2.26. The van der Waals surface area contributed by atoms with Crippen molar-refractivity contribution in [1.82, 2.24) is 20.2 Å². The summed E-state index contributed by atoms with van der Waals surface area (Å²) < 4.78 is 5.36. The van der Waals surface area contributed by atoms with E-state index in [2.05, 4.69) is 37.6 Å². The van der Waals surface area contributed by atoms with Crippen molar-refractivity contribution in [3.05, 3.63) is 53.5 Å². The predicted molar refractivity (Wildman–Crippen MR) is 110 cm³/mol. The van der Waals surface area contributed by atoms with Gasteiger partial charge in [0, 0.05) is 38.8 Å². The van der Waals surface area contributed by atoms with E-state index >= 15 is 0 Å². The van der Waals surface area contributed by atoms with Crippen molar-refractivity contribution >= 4 is 11.7 Å². The van der Waals surface area contributed by atoms with Gasteiger partial charge in [-0.2, -0.15) is 0 Å². The molecule has 2 heterocycles. The summed E-state index contributed by atoms with van der Waals surface area (Å²) in [6.45, 7) is 7.63. The Hall–Kier alpha value is -2.51. The monoisotopic (exact) mass is 383 g/mol. The number of ether oxygens (including phenoxy) is 1. The standard InChI is InChI=1S/C21H29N5O2/c1-17-24-19(21(27)23-9-5-8-18-6-3-2-4-7-18)16-20(25-17)22-10-11-26-12-14-28-15-13-26/h2-4,6-7,16H,5,8-15H2,1H3,(H,23,27)(H,22,24,25). The number of aryl methyl sites for hydroxylation is 2. The van der Waals surface area contributed by atoms with Crippen LogP contribution < -0.4 is 10.6 Å². The molecule has 2 aromatic rings. The first-order valence-corrected chi connectivity index (χ1v) is 9.92. The molecule has 1 aromatic carbocycles. The maximum Gasteiger partial charge on any atom is 0.270 e. The lowest BCUT2D eigenvalue weighted by Crippen LogP contribution is -2.39. The van der Waals surface area contributed by atoms with Gasteiger partial charge in [0.15, 0.2) is 0 Å². The van der Waals surface area contributed by atoms with Crippen molar-refractivity contribution in [3.8, 4) is 0 Å². The molecule has 1 aromatic heterocycles. The van der Waals surface area contributed by atoms with Gasteiger partial charge in [-0.05, 0) is 25.3 Å². The highest BCUT2D eigenvalue weighted by Gasteiger charge is 2.12. The number of hydrogen-bond acceptors (Lipinski definition) is 6. The van der Waals surface area contributed by atoms with Crippen LogP contribution in [0.15, 0.2) is 36.4 Å². The molecule has 7 heteroatoms. The van der Waals surface area contributed by atoms with E-state index in [9.17, 15) is 4.79 Å². The van der Waals surface area contributed by atoms with Crippen molar-refractivity contribution in [2.45, 2.75) is 19.8 Å². The first-order valence-electron chi connectivity index (χ1n) is 9.92. The lowest BCUT2D eigenvalue weighted by atomic mass is 10.1. The molecule has 1 aliphatic rings. The Morgan fingerprint density at radius 1 is 1.14 bits per heavy atom. The van der Waals surface area contributed by atoms with Gasteiger partial charge in [0.1, 0.15) is 17.3 Å². The fraction of sp³-hybridized carbons (Fsp3) is 0.476. The second-order valence-electron chi connectivity index (χ2n) is 6.91. The first kappa shape index (κ1) is 20.2. The van der Waals surface area contributed by atoms with Crippen molar-refractivity contribution in [2.75, 3.05) is 51.3 Å². The van der Waals surface area contributed by atoms with Gasteiger partial charge >= 0.3 is 0 Å². The molecule has 0 radical (unpaired) electrons. The molecule has 0 aliphatic carbocycles. The highest BCUT2D eigenvalue weighted by atomic mass is 16.5. The average Bonchev–Trinajstić information content (AvgIpc) is 2.72. The van der Waals surface area contributed by atoms with E-state index in [-0.39, 0.29) is 5.91 Å². The number of benzene rings is 1. The number of anilines is 1. The minimum absolute atomic E-state index is 0.158. The summed E-state index contributed by atoms with van der Waals surface area (Å²) in [5.41, 5.74) is 1.68. The van der Waals surface area contributed by atoms with Crippen LogP contribution >= 0.6 is 0 Å². The molecule has 2 N–H and O–H groups in total. The number of amides is 1. The Labute approximate surface area is 166 Å². The average molecular weight is 383 g/mol. The van der Waals surface area contributed by atoms with Gasteiger partial charge in [-0.3, -0.25) is 9.69 Å². The molecule has 28 heavy (non-hydrogen) atoms. The molecule has 0 spiro atoms. The van der Waals surface area contributed by atoms with Gasteiger partial charge in [-0.15, -0.1) is 0 Å². The topological polar surface area (TPSA) is 79.4 Å². The van der Waals surface area contributed by atoms with E-state index in [4.69, 9.17) is 4.74 Å². The molecule has 0 saturated carbocycles. The van der Waals surface area contributed by atoms with Crippen LogP contribution in [-0.4, -0.2) is 66.7 Å². The minimum Gasteiger partial charge on any atom is -0.379 e. The smallest absolute Gasteiger partial charge is 0.270 e. The molecular weight excluding hydrogens is 354 g/mol. The van der Waals surface area contributed by atoms with Gasteiger partial charge in [0.2, 0.25) is 0 Å². The maximum absolute atomic E-state index is 12.4. The van der Waals surface area contributed by atoms with Gasteiger partial charge in [0.25, 0.3) is 5.91 Å². The number of nitrogens with one attached hydrogen (secondary N) is 2. The summed E-state index contributed by atoms with van der Waals surface area (Å²) in [7, 11) is 0. The SMILES string of the molecule is Cc1nc(NCCN2CCOCC2)cc(C(=O)NCCCc2ccccc2)n1. The van der Waals surface area contributed by atoms with Crippen molar-refractivity contribution < 1.29 is 9.53 Å². The normalized spacial score (nSPS) is 14.6. The van der Waals surface area contributed by atoms with Crippen molar-refractivity contribution in [3.63, 3.8) is 0 Å². The van der Waals surface area contributed by atoms with Crippen LogP contribution in [0, 0.1) is 6.92 Å². The number of aromatic nitrogens is 2. The van der Waals surface area contributed by atoms with Crippen LogP contribution in [-0.2, 0) is 11.2 Å². The van der Waals surface area contributed by atoms with Crippen LogP contribution in [0.3, 0.4) is 0 Å². The first-order chi connectivity index (χ1) is 13.7. The van der Waals surface area contributed by atoms with Crippen LogP contribution in [0.25, 0.3) is 0 Å². The molecule has 0 bridgehead atoms. The Bertz CT molecular complexity index is 748. The van der Waals surface area contributed by atoms with Crippen LogP contribution in [0.5, 0.6) is 0 Å². The summed E-state index contributed by atoms with van der Waals surface area (Å²) in [6.07, 6.45) is 1.84. The number of nitrogens with zero attached hydrogens (tertiary/aromatic N) is 3. The summed E-state index contributed by atoms with van der Waals surface area (Å²) >= 11 is 0. The third-order valence-electron chi connectivity index (χ3n) is 4.68. The van der Waals surface area contributed by atoms with E-state index < -0.39 is 0 Å². The second-order valence-corrected chi connectivity index (χ2v) is 6.91. The van der Waals surface area contributed by atoms with Crippen LogP contribution in [0.2, 0.25) is 0 Å². The summed E-state index contributed by atoms with van der Waals surface area (Å²) in [6, 6.07) is 12.0. The number of carbonyl (C=O) groups excluding carboxylic acids is 1. The number of carbonyl (C=O) groups is 1. The molecule has 150 valence electrons. The van der Waals surface area contributed by atoms with E-state index in [0.717, 1.165) is 52.2 Å². The van der Waals surface area contributed by atoms with Crippen LogP contribution in [0.1, 0.15) is 28.3 Å². The Balaban J connectivity index is 1.44. The van der Waals surface area contributed by atoms with E-state index in [1.807, 2.05) is 18.2 Å². The largest absolute Gasteiger partial charge is 0.379 e. The van der Waals surface area contributed by atoms with E-state index in [1.54, 1.807) is 13.0 Å². The zero-order valence-electron chi connectivity index (χ0n) is 16.5. The molecule has 1 fully saturated rings. The second kappa shape index (κ2) is 10.7. The van der Waals surface area contributed by atoms with Gasteiger partial charge < -0.3 is 15.4 Å². The third kappa shape index (κ3) is 6.58. The molecular formula is C21H29N5O2. The van der Waals surface area contributed by atoms with Crippen molar-refractivity contribution in [1.29, 1.82) is 0 Å². The molecule has 1 saturated heterocycles. The van der Waals surface area contributed by atoms with Gasteiger partial charge in [0.05, 0.1) is 13.2 Å². The predicted octanol–water partition coefficient (Wildman–Crippen LogP) is 1.89. The fourth-order valence-corrected chi connectivity index (χ4v) is 3.17. The fourth-order valence-electron chi connectivity index (χ4n) is 3.17. The molecule has 7 nitrogen and oxygen atoms in total. The number of morpholine rings is 1. The Morgan fingerprint density at radius 2 is 1.93 bits per heavy atom. The zero-order chi connectivity index (χ0) is 19.6. The molecule has 3 rings (SSSR count). The van der Waals surface area contributed by atoms with Crippen LogP contribution in [0.4, 0.5) is 5.82 Å². The number of hydrogen-bond donors (Lipinski definition) is 2. The maximum atomic E-state index is 12.4. The summed E-state index contributed by atoms with van der Waals surface area (Å²) in [5.74, 6) is 1.12. The van der Waals surface area contributed by atoms with Crippen molar-refractivity contribution in [2.24, 2.45) is 0 Å². The molecule has 0 unspecified atom stereocenters. The number of rotatable bonds is 9. The molecule has 1 amide bonds. The quantitative estimate of drug-likeness (QED) is 0.644. The van der Waals surface area contributed by atoms with Gasteiger partial charge in [-0.1, -0.05) is 30.3 Å². The Morgan fingerprint density at radius 3 is 2.71 bits per heavy atom. The molecule has 1 aliphatic heterocycles. The summed E-state index contributed by atoms with van der Waals surface area (Å²) in [5, 5.41) is 6.26. The zero-order valence-corrected chi connectivity index (χ0v) is 16.5.